The summed E-state index contributed by atoms with van der Waals surface area (Å²) in [7, 11) is 0. The summed E-state index contributed by atoms with van der Waals surface area (Å²) in [6, 6.07) is 8.29. The highest BCUT2D eigenvalue weighted by molar-refractivity contribution is 6.18. The number of phenols is 1. The summed E-state index contributed by atoms with van der Waals surface area (Å²) < 4.78 is 5.12. The third-order valence-electron chi connectivity index (χ3n) is 2.83. The predicted molar refractivity (Wildman–Crippen MR) is 92.9 cm³/mol. The Morgan fingerprint density at radius 1 is 1.00 bits per heavy atom. The molecule has 134 valence electrons. The van der Waals surface area contributed by atoms with E-state index in [0.29, 0.717) is 11.6 Å². The number of alkyl halides is 1. The van der Waals surface area contributed by atoms with Gasteiger partial charge in [-0.2, -0.15) is 0 Å². The summed E-state index contributed by atoms with van der Waals surface area (Å²) in [5.41, 5.74) is 10.1. The van der Waals surface area contributed by atoms with Crippen LogP contribution in [0, 0.1) is 20.2 Å². The van der Waals surface area contributed by atoms with Crippen molar-refractivity contribution in [3.8, 4) is 11.5 Å². The van der Waals surface area contributed by atoms with E-state index in [0.717, 1.165) is 0 Å². The van der Waals surface area contributed by atoms with Crippen LogP contribution in [0.1, 0.15) is 0 Å². The van der Waals surface area contributed by atoms with Crippen molar-refractivity contribution in [3.63, 3.8) is 0 Å². The largest absolute Gasteiger partial charge is 0.506 e. The molecule has 0 spiro atoms. The Morgan fingerprint density at radius 3 is 2.00 bits per heavy atom. The number of nitro benzene ring substituents is 2. The molecular formula is C14H15ClN4O6. The monoisotopic (exact) mass is 370 g/mol. The Morgan fingerprint density at radius 2 is 1.52 bits per heavy atom. The van der Waals surface area contributed by atoms with Gasteiger partial charge in [0.2, 0.25) is 0 Å². The summed E-state index contributed by atoms with van der Waals surface area (Å²) in [6.07, 6.45) is 0. The average molecular weight is 371 g/mol. The fourth-order valence-electron chi connectivity index (χ4n) is 1.67. The van der Waals surface area contributed by atoms with Gasteiger partial charge in [0.05, 0.1) is 15.7 Å². The number of nitro groups is 2. The maximum atomic E-state index is 10.5. The van der Waals surface area contributed by atoms with Gasteiger partial charge in [0.25, 0.3) is 11.4 Å². The van der Waals surface area contributed by atoms with Gasteiger partial charge in [0.1, 0.15) is 18.1 Å². The molecule has 2 aromatic carbocycles. The first-order chi connectivity index (χ1) is 11.8. The molecule has 0 heterocycles. The van der Waals surface area contributed by atoms with Crippen LogP contribution in [0.5, 0.6) is 11.5 Å². The topological polar surface area (TPSA) is 168 Å². The van der Waals surface area contributed by atoms with E-state index in [2.05, 4.69) is 0 Å². The fourth-order valence-corrected chi connectivity index (χ4v) is 1.74. The molecule has 0 saturated carbocycles. The Bertz CT molecular complexity index is 771. The number of hydrogen-bond acceptors (Lipinski definition) is 8. The zero-order valence-electron chi connectivity index (χ0n) is 12.8. The number of rotatable bonds is 5. The van der Waals surface area contributed by atoms with Gasteiger partial charge in [-0.3, -0.25) is 20.2 Å². The number of ether oxygens (including phenoxy) is 1. The Hall–Kier alpha value is -3.27. The number of benzene rings is 2. The van der Waals surface area contributed by atoms with Gasteiger partial charge in [-0.1, -0.05) is 12.1 Å². The molecule has 10 nitrogen and oxygen atoms in total. The highest BCUT2D eigenvalue weighted by atomic mass is 35.5. The second kappa shape index (κ2) is 9.13. The molecule has 0 atom stereocenters. The molecule has 0 fully saturated rings. The van der Waals surface area contributed by atoms with Crippen molar-refractivity contribution in [1.29, 1.82) is 0 Å². The molecule has 0 unspecified atom stereocenters. The molecule has 0 aliphatic carbocycles. The number of nitrogens with zero attached hydrogens (tertiary/aromatic N) is 2. The summed E-state index contributed by atoms with van der Waals surface area (Å²) in [5.74, 6) is 0.335. The van der Waals surface area contributed by atoms with Crippen molar-refractivity contribution in [3.05, 3.63) is 56.6 Å². The van der Waals surface area contributed by atoms with Crippen LogP contribution in [-0.2, 0) is 0 Å². The molecule has 0 aliphatic heterocycles. The highest BCUT2D eigenvalue weighted by Gasteiger charge is 2.15. The lowest BCUT2D eigenvalue weighted by molar-refractivity contribution is -0.384. The lowest BCUT2D eigenvalue weighted by Crippen LogP contribution is -2.03. The lowest BCUT2D eigenvalue weighted by atomic mass is 10.2. The van der Waals surface area contributed by atoms with E-state index in [9.17, 15) is 20.2 Å². The van der Waals surface area contributed by atoms with Crippen molar-refractivity contribution >= 4 is 34.4 Å². The van der Waals surface area contributed by atoms with E-state index in [-0.39, 0.29) is 35.1 Å². The number of anilines is 2. The van der Waals surface area contributed by atoms with Gasteiger partial charge in [-0.05, 0) is 12.1 Å². The van der Waals surface area contributed by atoms with E-state index in [4.69, 9.17) is 32.9 Å². The minimum Gasteiger partial charge on any atom is -0.506 e. The Labute approximate surface area is 146 Å². The normalized spacial score (nSPS) is 9.64. The number of aromatic hydroxyl groups is 1. The number of nitrogen functional groups attached to an aromatic ring is 2. The molecule has 25 heavy (non-hydrogen) atoms. The van der Waals surface area contributed by atoms with E-state index in [1.165, 1.54) is 30.3 Å². The van der Waals surface area contributed by atoms with E-state index >= 15 is 0 Å². The minimum atomic E-state index is -0.644. The van der Waals surface area contributed by atoms with E-state index in [1.54, 1.807) is 6.07 Å². The van der Waals surface area contributed by atoms with Gasteiger partial charge in [0.15, 0.2) is 11.4 Å². The molecule has 0 bridgehead atoms. The first-order valence-electron chi connectivity index (χ1n) is 6.73. The van der Waals surface area contributed by atoms with E-state index in [1.807, 2.05) is 0 Å². The molecule has 5 N–H and O–H groups in total. The number of nitrogens with two attached hydrogens (primary N) is 2. The summed E-state index contributed by atoms with van der Waals surface area (Å²) in [6.45, 7) is 0.271. The van der Waals surface area contributed by atoms with Crippen molar-refractivity contribution in [2.75, 3.05) is 24.0 Å². The van der Waals surface area contributed by atoms with Gasteiger partial charge < -0.3 is 21.3 Å². The molecular weight excluding hydrogens is 356 g/mol. The van der Waals surface area contributed by atoms with Crippen LogP contribution in [0.2, 0.25) is 0 Å². The molecule has 0 amide bonds. The van der Waals surface area contributed by atoms with E-state index < -0.39 is 9.85 Å². The van der Waals surface area contributed by atoms with Gasteiger partial charge in [-0.25, -0.2) is 0 Å². The Kier molecular flexibility index (Phi) is 7.22. The highest BCUT2D eigenvalue weighted by Crippen LogP contribution is 2.31. The quantitative estimate of drug-likeness (QED) is 0.237. The molecule has 0 aliphatic rings. The first-order valence-corrected chi connectivity index (χ1v) is 7.26. The third-order valence-corrected chi connectivity index (χ3v) is 2.99. The zero-order chi connectivity index (χ0) is 19.0. The van der Waals surface area contributed by atoms with Crippen molar-refractivity contribution in [2.45, 2.75) is 0 Å². The smallest absolute Gasteiger partial charge is 0.295 e. The van der Waals surface area contributed by atoms with Crippen molar-refractivity contribution in [1.82, 2.24) is 0 Å². The maximum Gasteiger partial charge on any atom is 0.295 e. The molecule has 2 aromatic rings. The minimum absolute atomic E-state index is 0.0302. The third kappa shape index (κ3) is 5.39. The van der Waals surface area contributed by atoms with Crippen LogP contribution in [0.25, 0.3) is 0 Å². The van der Waals surface area contributed by atoms with Crippen LogP contribution in [0.4, 0.5) is 22.7 Å². The van der Waals surface area contributed by atoms with Crippen LogP contribution in [0.15, 0.2) is 36.4 Å². The molecule has 11 heteroatoms. The summed E-state index contributed by atoms with van der Waals surface area (Å²) >= 11 is 5.41. The number of phenolic OH excluding ortho intramolecular Hbond substituents is 1. The molecule has 2 rings (SSSR count). The second-order valence-electron chi connectivity index (χ2n) is 4.45. The molecule has 0 saturated heterocycles. The fraction of sp³-hybridized carbons (Fsp3) is 0.143. The average Bonchev–Trinajstić information content (AvgIpc) is 2.56. The first kappa shape index (κ1) is 19.8. The predicted octanol–water partition coefficient (Wildman–Crippen LogP) is 2.68. The van der Waals surface area contributed by atoms with Crippen LogP contribution in [0.3, 0.4) is 0 Å². The standard InChI is InChI=1S/C8H9ClN2O3.C6H6N2O3/c9-4-5-14-7-3-1-2-6(8(7)10)11(12)13;7-6-4(8(10)11)2-1-3-5(6)9/h1-3H,4-5,10H2;1-3,9H,7H2. The zero-order valence-corrected chi connectivity index (χ0v) is 13.5. The number of para-hydroxylation sites is 2. The van der Waals surface area contributed by atoms with Crippen LogP contribution < -0.4 is 16.2 Å². The maximum absolute atomic E-state index is 10.5. The number of halogens is 1. The SMILES string of the molecule is Nc1c(O)cccc1[N+](=O)[O-].Nc1c(OCCCl)cccc1[N+](=O)[O-]. The van der Waals surface area contributed by atoms with Gasteiger partial charge >= 0.3 is 0 Å². The van der Waals surface area contributed by atoms with Crippen LogP contribution >= 0.6 is 11.6 Å². The van der Waals surface area contributed by atoms with Gasteiger partial charge in [0, 0.05) is 12.1 Å². The van der Waals surface area contributed by atoms with Crippen molar-refractivity contribution < 1.29 is 19.7 Å². The van der Waals surface area contributed by atoms with Crippen molar-refractivity contribution in [2.24, 2.45) is 0 Å². The Balaban J connectivity index is 0.000000257. The lowest BCUT2D eigenvalue weighted by Gasteiger charge is -2.06. The number of hydrogen-bond donors (Lipinski definition) is 3. The second-order valence-corrected chi connectivity index (χ2v) is 4.83. The molecule has 0 aromatic heterocycles. The van der Waals surface area contributed by atoms with Crippen LogP contribution in [-0.4, -0.2) is 27.4 Å². The molecule has 0 radical (unpaired) electrons. The summed E-state index contributed by atoms with van der Waals surface area (Å²) in [4.78, 5) is 19.5. The van der Waals surface area contributed by atoms with Gasteiger partial charge in [-0.15, -0.1) is 11.6 Å². The summed E-state index contributed by atoms with van der Waals surface area (Å²) in [5, 5.41) is 29.6.